The summed E-state index contributed by atoms with van der Waals surface area (Å²) >= 11 is 0. The van der Waals surface area contributed by atoms with Gasteiger partial charge in [0.05, 0.1) is 0 Å². The van der Waals surface area contributed by atoms with E-state index in [2.05, 4.69) is 65.5 Å². The molecule has 1 N–H and O–H groups in total. The van der Waals surface area contributed by atoms with Crippen LogP contribution in [0.2, 0.25) is 0 Å². The molecule has 5 rings (SSSR count). The van der Waals surface area contributed by atoms with Crippen LogP contribution in [0, 0.1) is 0 Å². The molecule has 2 aromatic rings. The van der Waals surface area contributed by atoms with Crippen molar-refractivity contribution in [2.24, 2.45) is 0 Å². The van der Waals surface area contributed by atoms with E-state index in [4.69, 9.17) is 0 Å². The van der Waals surface area contributed by atoms with Gasteiger partial charge in [-0.05, 0) is 37.5 Å². The summed E-state index contributed by atoms with van der Waals surface area (Å²) in [6, 6.07) is 17.1. The van der Waals surface area contributed by atoms with E-state index in [0.717, 1.165) is 17.7 Å². The first kappa shape index (κ1) is 20.9. The Bertz CT molecular complexity index is 1070. The molecule has 3 aliphatic rings. The van der Waals surface area contributed by atoms with Crippen LogP contribution in [0.1, 0.15) is 49.7 Å². The van der Waals surface area contributed by atoms with E-state index in [1.54, 1.807) is 0 Å². The number of amides is 2. The molecule has 1 spiro atoms. The van der Waals surface area contributed by atoms with Gasteiger partial charge >= 0.3 is 0 Å². The molecule has 0 radical (unpaired) electrons. The van der Waals surface area contributed by atoms with Crippen LogP contribution in [0.5, 0.6) is 0 Å². The maximum Gasteiger partial charge on any atom is 0.223 e. The molecule has 0 aromatic heterocycles. The molecule has 2 unspecified atom stereocenters. The summed E-state index contributed by atoms with van der Waals surface area (Å²) in [5.74, 6) is 0.514. The zero-order valence-corrected chi connectivity index (χ0v) is 19.3. The van der Waals surface area contributed by atoms with E-state index in [1.807, 2.05) is 31.1 Å². The van der Waals surface area contributed by atoms with Gasteiger partial charge in [-0.25, -0.2) is 0 Å². The van der Waals surface area contributed by atoms with Crippen LogP contribution in [0.4, 0.5) is 11.4 Å². The van der Waals surface area contributed by atoms with Crippen molar-refractivity contribution in [3.63, 3.8) is 0 Å². The van der Waals surface area contributed by atoms with Crippen LogP contribution < -0.4 is 15.1 Å². The molecule has 6 heteroatoms. The standard InChI is InChI=1S/C26H32N4O2/c1-17-18(19-9-5-7-11-21(19)28(17)2)13-14-23(31)27-25-26(16-15-24(32)30(26)4)20-10-6-8-12-22(20)29(25)3/h5-12,17-18,25H,13-16H2,1-4H3,(H,27,31)/t17?,18-,25?,26-/m1/s1. The number of likely N-dealkylation sites (N-methyl/N-ethyl adjacent to an activating group) is 3. The molecule has 6 nitrogen and oxygen atoms in total. The minimum absolute atomic E-state index is 0.0426. The quantitative estimate of drug-likeness (QED) is 0.804. The van der Waals surface area contributed by atoms with Gasteiger partial charge in [0.2, 0.25) is 11.8 Å². The molecule has 0 saturated carbocycles. The molecule has 1 fully saturated rings. The number of hydrogen-bond donors (Lipinski definition) is 1. The molecule has 0 bridgehead atoms. The third-order valence-corrected chi connectivity index (χ3v) is 8.17. The SMILES string of the molecule is CC1[C@@H](CCC(=O)NC2N(C)c3ccccc3[C@]23CCC(=O)N3C)c2ccccc2N1C. The number of carbonyl (C=O) groups excluding carboxylic acids is 2. The lowest BCUT2D eigenvalue weighted by Crippen LogP contribution is -2.59. The van der Waals surface area contributed by atoms with Crippen LogP contribution in [0.15, 0.2) is 48.5 Å². The lowest BCUT2D eigenvalue weighted by Gasteiger charge is -2.40. The lowest BCUT2D eigenvalue weighted by molar-refractivity contribution is -0.132. The highest BCUT2D eigenvalue weighted by atomic mass is 16.2. The fourth-order valence-electron chi connectivity index (χ4n) is 6.24. The fourth-order valence-corrected chi connectivity index (χ4v) is 6.24. The van der Waals surface area contributed by atoms with Gasteiger partial charge < -0.3 is 20.0 Å². The number of hydrogen-bond acceptors (Lipinski definition) is 4. The molecule has 2 aromatic carbocycles. The summed E-state index contributed by atoms with van der Waals surface area (Å²) in [5.41, 5.74) is 4.30. The van der Waals surface area contributed by atoms with Gasteiger partial charge in [-0.2, -0.15) is 0 Å². The average molecular weight is 433 g/mol. The first-order valence-electron chi connectivity index (χ1n) is 11.6. The summed E-state index contributed by atoms with van der Waals surface area (Å²) in [6.45, 7) is 2.23. The number of fused-ring (bicyclic) bond motifs is 3. The molecular weight excluding hydrogens is 400 g/mol. The number of benzene rings is 2. The number of nitrogens with zero attached hydrogens (tertiary/aromatic N) is 3. The largest absolute Gasteiger partial charge is 0.371 e. The highest BCUT2D eigenvalue weighted by Crippen LogP contribution is 2.51. The first-order chi connectivity index (χ1) is 15.4. The predicted molar refractivity (Wildman–Crippen MR) is 127 cm³/mol. The third-order valence-electron chi connectivity index (χ3n) is 8.17. The van der Waals surface area contributed by atoms with Crippen molar-refractivity contribution in [2.75, 3.05) is 30.9 Å². The summed E-state index contributed by atoms with van der Waals surface area (Å²) in [6.07, 6.45) is 2.23. The van der Waals surface area contributed by atoms with Gasteiger partial charge in [-0.15, -0.1) is 0 Å². The molecule has 168 valence electrons. The summed E-state index contributed by atoms with van der Waals surface area (Å²) < 4.78 is 0. The Balaban J connectivity index is 1.35. The third kappa shape index (κ3) is 2.85. The van der Waals surface area contributed by atoms with E-state index < -0.39 is 5.54 Å². The number of anilines is 2. The second-order valence-corrected chi connectivity index (χ2v) is 9.53. The number of nitrogens with one attached hydrogen (secondary N) is 1. The van der Waals surface area contributed by atoms with Crippen molar-refractivity contribution >= 4 is 23.2 Å². The predicted octanol–water partition coefficient (Wildman–Crippen LogP) is 3.43. The number of likely N-dealkylation sites (tertiary alicyclic amines) is 1. The Morgan fingerprint density at radius 3 is 2.44 bits per heavy atom. The second-order valence-electron chi connectivity index (χ2n) is 9.53. The molecule has 0 aliphatic carbocycles. The zero-order chi connectivity index (χ0) is 22.6. The minimum atomic E-state index is -0.508. The molecule has 4 atom stereocenters. The second kappa shape index (κ2) is 7.54. The van der Waals surface area contributed by atoms with E-state index in [0.29, 0.717) is 31.2 Å². The Labute approximate surface area is 190 Å². The molecule has 2 amide bonds. The van der Waals surface area contributed by atoms with Crippen molar-refractivity contribution in [3.05, 3.63) is 59.7 Å². The van der Waals surface area contributed by atoms with Gasteiger partial charge in [0.15, 0.2) is 0 Å². The Kier molecular flexibility index (Phi) is 4.91. The van der Waals surface area contributed by atoms with Crippen LogP contribution in [-0.2, 0) is 15.1 Å². The summed E-state index contributed by atoms with van der Waals surface area (Å²) in [5, 5.41) is 3.31. The lowest BCUT2D eigenvalue weighted by atomic mass is 9.86. The zero-order valence-electron chi connectivity index (χ0n) is 19.3. The molecule has 3 aliphatic heterocycles. The van der Waals surface area contributed by atoms with Crippen molar-refractivity contribution in [1.82, 2.24) is 10.2 Å². The molecule has 3 heterocycles. The Hall–Kier alpha value is -3.02. The molecule has 32 heavy (non-hydrogen) atoms. The van der Waals surface area contributed by atoms with Crippen molar-refractivity contribution in [2.45, 2.75) is 56.3 Å². The average Bonchev–Trinajstić information content (AvgIpc) is 3.33. The highest BCUT2D eigenvalue weighted by molar-refractivity contribution is 5.84. The van der Waals surface area contributed by atoms with E-state index in [1.165, 1.54) is 11.3 Å². The van der Waals surface area contributed by atoms with Gasteiger partial charge in [-0.1, -0.05) is 36.4 Å². The maximum atomic E-state index is 13.2. The molecular formula is C26H32N4O2. The van der Waals surface area contributed by atoms with Crippen molar-refractivity contribution in [3.8, 4) is 0 Å². The Morgan fingerprint density at radius 1 is 1.03 bits per heavy atom. The number of rotatable bonds is 4. The number of carbonyl (C=O) groups is 2. The number of para-hydroxylation sites is 2. The van der Waals surface area contributed by atoms with Crippen molar-refractivity contribution < 1.29 is 9.59 Å². The van der Waals surface area contributed by atoms with Gasteiger partial charge in [0.25, 0.3) is 0 Å². The van der Waals surface area contributed by atoms with Crippen molar-refractivity contribution in [1.29, 1.82) is 0 Å². The Morgan fingerprint density at radius 2 is 1.72 bits per heavy atom. The van der Waals surface area contributed by atoms with Crippen LogP contribution in [0.3, 0.4) is 0 Å². The van der Waals surface area contributed by atoms with E-state index in [-0.39, 0.29) is 18.0 Å². The monoisotopic (exact) mass is 432 g/mol. The topological polar surface area (TPSA) is 55.9 Å². The van der Waals surface area contributed by atoms with Gasteiger partial charge in [-0.3, -0.25) is 9.59 Å². The maximum absolute atomic E-state index is 13.2. The van der Waals surface area contributed by atoms with Crippen LogP contribution in [0.25, 0.3) is 0 Å². The minimum Gasteiger partial charge on any atom is -0.371 e. The summed E-state index contributed by atoms with van der Waals surface area (Å²) in [7, 11) is 6.02. The van der Waals surface area contributed by atoms with Gasteiger partial charge in [0.1, 0.15) is 11.7 Å². The van der Waals surface area contributed by atoms with Gasteiger partial charge in [0, 0.05) is 62.9 Å². The van der Waals surface area contributed by atoms with E-state index in [9.17, 15) is 9.59 Å². The highest BCUT2D eigenvalue weighted by Gasteiger charge is 2.57. The van der Waals surface area contributed by atoms with E-state index >= 15 is 0 Å². The van der Waals surface area contributed by atoms with Crippen LogP contribution in [-0.4, -0.2) is 50.1 Å². The first-order valence-corrected chi connectivity index (χ1v) is 11.6. The van der Waals surface area contributed by atoms with Crippen LogP contribution >= 0.6 is 0 Å². The summed E-state index contributed by atoms with van der Waals surface area (Å²) in [4.78, 5) is 32.1. The normalized spacial score (nSPS) is 28.4. The molecule has 1 saturated heterocycles. The fraction of sp³-hybridized carbons (Fsp3) is 0.462. The smallest absolute Gasteiger partial charge is 0.223 e.